The summed E-state index contributed by atoms with van der Waals surface area (Å²) in [5, 5.41) is 8.56. The van der Waals surface area contributed by atoms with Crippen LogP contribution < -0.4 is 5.73 Å². The molecule has 0 aromatic heterocycles. The molecule has 0 heterocycles. The molecule has 0 amide bonds. The third-order valence-corrected chi connectivity index (χ3v) is 1.23. The number of rotatable bonds is 3. The Morgan fingerprint density at radius 2 is 1.92 bits per heavy atom. The minimum atomic E-state index is -1.26. The van der Waals surface area contributed by atoms with Crippen LogP contribution >= 0.6 is 0 Å². The third kappa shape index (κ3) is 4.47. The first-order chi connectivity index (χ1) is 5.78. The number of esters is 1. The lowest BCUT2D eigenvalue weighted by Gasteiger charge is -2.21. The highest BCUT2D eigenvalue weighted by Gasteiger charge is 2.29. The Kier molecular flexibility index (Phi) is 3.87. The Labute approximate surface area is 76.9 Å². The van der Waals surface area contributed by atoms with Gasteiger partial charge in [-0.15, -0.1) is 0 Å². The van der Waals surface area contributed by atoms with Crippen LogP contribution in [0.15, 0.2) is 0 Å². The first-order valence-corrected chi connectivity index (χ1v) is 3.93. The van der Waals surface area contributed by atoms with E-state index in [0.717, 1.165) is 0 Å². The van der Waals surface area contributed by atoms with Gasteiger partial charge in [-0.05, 0) is 20.8 Å². The van der Waals surface area contributed by atoms with E-state index in [1.165, 1.54) is 0 Å². The van der Waals surface area contributed by atoms with Crippen LogP contribution in [0.25, 0.3) is 0 Å². The van der Waals surface area contributed by atoms with Gasteiger partial charge in [0.15, 0.2) is 5.92 Å². The van der Waals surface area contributed by atoms with Crippen molar-refractivity contribution in [3.63, 3.8) is 0 Å². The van der Waals surface area contributed by atoms with Crippen molar-refractivity contribution in [1.82, 2.24) is 0 Å². The van der Waals surface area contributed by atoms with Gasteiger partial charge in [-0.2, -0.15) is 0 Å². The molecular formula is C8H15NO4. The lowest BCUT2D eigenvalue weighted by molar-refractivity contribution is -0.166. The summed E-state index contributed by atoms with van der Waals surface area (Å²) in [5.74, 6) is -3.31. The van der Waals surface area contributed by atoms with Crippen LogP contribution in [-0.2, 0) is 14.3 Å². The van der Waals surface area contributed by atoms with Crippen molar-refractivity contribution in [3.8, 4) is 0 Å². The fraction of sp³-hybridized carbons (Fsp3) is 0.750. The van der Waals surface area contributed by atoms with E-state index in [1.54, 1.807) is 20.8 Å². The summed E-state index contributed by atoms with van der Waals surface area (Å²) in [6.07, 6.45) is 0. The number of nitrogens with two attached hydrogens (primary N) is 1. The second-order valence-corrected chi connectivity index (χ2v) is 3.66. The predicted octanol–water partition coefficient (Wildman–Crippen LogP) is -0.0124. The largest absolute Gasteiger partial charge is 0.481 e. The van der Waals surface area contributed by atoms with Crippen molar-refractivity contribution in [2.75, 3.05) is 6.54 Å². The van der Waals surface area contributed by atoms with Gasteiger partial charge >= 0.3 is 11.9 Å². The van der Waals surface area contributed by atoms with Crippen LogP contribution in [0.1, 0.15) is 20.8 Å². The Balaban J connectivity index is 4.32. The van der Waals surface area contributed by atoms with Gasteiger partial charge in [0.05, 0.1) is 0 Å². The van der Waals surface area contributed by atoms with Crippen molar-refractivity contribution in [3.05, 3.63) is 0 Å². The quantitative estimate of drug-likeness (QED) is 0.481. The van der Waals surface area contributed by atoms with Crippen LogP contribution in [0.3, 0.4) is 0 Å². The van der Waals surface area contributed by atoms with E-state index in [-0.39, 0.29) is 6.54 Å². The fourth-order valence-corrected chi connectivity index (χ4v) is 0.671. The maximum Gasteiger partial charge on any atom is 0.322 e. The van der Waals surface area contributed by atoms with Crippen molar-refractivity contribution < 1.29 is 19.4 Å². The summed E-state index contributed by atoms with van der Waals surface area (Å²) in [5.41, 5.74) is 4.43. The summed E-state index contributed by atoms with van der Waals surface area (Å²) in [6, 6.07) is 0. The first-order valence-electron chi connectivity index (χ1n) is 3.93. The molecule has 13 heavy (non-hydrogen) atoms. The van der Waals surface area contributed by atoms with Gasteiger partial charge in [0.2, 0.25) is 0 Å². The summed E-state index contributed by atoms with van der Waals surface area (Å²) >= 11 is 0. The highest BCUT2D eigenvalue weighted by atomic mass is 16.6. The molecule has 5 nitrogen and oxygen atoms in total. The van der Waals surface area contributed by atoms with E-state index in [4.69, 9.17) is 15.6 Å². The Morgan fingerprint density at radius 1 is 1.46 bits per heavy atom. The van der Waals surface area contributed by atoms with Crippen LogP contribution in [0.2, 0.25) is 0 Å². The molecule has 5 heteroatoms. The molecule has 0 aromatic carbocycles. The maximum absolute atomic E-state index is 11.1. The third-order valence-electron chi connectivity index (χ3n) is 1.23. The molecule has 0 spiro atoms. The monoisotopic (exact) mass is 189 g/mol. The number of hydrogen-bond acceptors (Lipinski definition) is 4. The van der Waals surface area contributed by atoms with Crippen LogP contribution in [-0.4, -0.2) is 29.2 Å². The van der Waals surface area contributed by atoms with E-state index >= 15 is 0 Å². The van der Waals surface area contributed by atoms with E-state index < -0.39 is 23.5 Å². The van der Waals surface area contributed by atoms with Gasteiger partial charge in [-0.25, -0.2) is 0 Å². The standard InChI is InChI=1S/C8H15NO4/c1-8(2,3)13-7(12)5(4-9)6(10)11/h5H,4,9H2,1-3H3,(H,10,11)/t5-/m0/s1. The van der Waals surface area contributed by atoms with E-state index in [9.17, 15) is 9.59 Å². The molecule has 76 valence electrons. The number of carbonyl (C=O) groups is 2. The van der Waals surface area contributed by atoms with Crippen LogP contribution in [0, 0.1) is 5.92 Å². The highest BCUT2D eigenvalue weighted by Crippen LogP contribution is 2.10. The highest BCUT2D eigenvalue weighted by molar-refractivity contribution is 5.94. The zero-order valence-electron chi connectivity index (χ0n) is 8.03. The average molecular weight is 189 g/mol. The summed E-state index contributed by atoms with van der Waals surface area (Å²) in [7, 11) is 0. The Bertz CT molecular complexity index is 207. The smallest absolute Gasteiger partial charge is 0.322 e. The second kappa shape index (κ2) is 4.23. The fourth-order valence-electron chi connectivity index (χ4n) is 0.671. The van der Waals surface area contributed by atoms with Gasteiger partial charge in [0.25, 0.3) is 0 Å². The number of hydrogen-bond donors (Lipinski definition) is 2. The van der Waals surface area contributed by atoms with E-state index in [2.05, 4.69) is 0 Å². The number of carboxylic acid groups (broad SMARTS) is 1. The summed E-state index contributed by atoms with van der Waals surface area (Å²) in [4.78, 5) is 21.6. The van der Waals surface area contributed by atoms with Crippen molar-refractivity contribution in [2.45, 2.75) is 26.4 Å². The molecule has 0 fully saturated rings. The van der Waals surface area contributed by atoms with E-state index in [1.807, 2.05) is 0 Å². The lowest BCUT2D eigenvalue weighted by Crippen LogP contribution is -2.36. The van der Waals surface area contributed by atoms with Crippen LogP contribution in [0.5, 0.6) is 0 Å². The normalized spacial score (nSPS) is 13.5. The molecule has 3 N–H and O–H groups in total. The maximum atomic E-state index is 11.1. The predicted molar refractivity (Wildman–Crippen MR) is 46.0 cm³/mol. The molecule has 0 bridgehead atoms. The van der Waals surface area contributed by atoms with Crippen LogP contribution in [0.4, 0.5) is 0 Å². The zero-order chi connectivity index (χ0) is 10.6. The molecule has 0 saturated heterocycles. The Hall–Kier alpha value is -1.10. The second-order valence-electron chi connectivity index (χ2n) is 3.66. The van der Waals surface area contributed by atoms with E-state index in [0.29, 0.717) is 0 Å². The molecule has 0 aliphatic carbocycles. The van der Waals surface area contributed by atoms with Gasteiger partial charge in [0.1, 0.15) is 5.60 Å². The molecule has 1 atom stereocenters. The van der Waals surface area contributed by atoms with Gasteiger partial charge in [0, 0.05) is 6.54 Å². The number of carbonyl (C=O) groups excluding carboxylic acids is 1. The summed E-state index contributed by atoms with van der Waals surface area (Å²) < 4.78 is 4.85. The zero-order valence-corrected chi connectivity index (χ0v) is 8.03. The van der Waals surface area contributed by atoms with Crippen molar-refractivity contribution >= 4 is 11.9 Å². The molecule has 0 rings (SSSR count). The molecular weight excluding hydrogens is 174 g/mol. The Morgan fingerprint density at radius 3 is 2.15 bits per heavy atom. The van der Waals surface area contributed by atoms with Gasteiger partial charge in [-0.1, -0.05) is 0 Å². The molecule has 0 aliphatic heterocycles. The topological polar surface area (TPSA) is 89.6 Å². The van der Waals surface area contributed by atoms with Crippen molar-refractivity contribution in [1.29, 1.82) is 0 Å². The van der Waals surface area contributed by atoms with Crippen molar-refractivity contribution in [2.24, 2.45) is 11.7 Å². The van der Waals surface area contributed by atoms with Gasteiger partial charge in [-0.3, -0.25) is 9.59 Å². The molecule has 0 saturated carbocycles. The lowest BCUT2D eigenvalue weighted by atomic mass is 10.1. The minimum absolute atomic E-state index is 0.246. The molecule has 0 radical (unpaired) electrons. The molecule has 0 aliphatic rings. The molecule has 0 aromatic rings. The molecule has 0 unspecified atom stereocenters. The summed E-state index contributed by atoms with van der Waals surface area (Å²) in [6.45, 7) is 4.76. The minimum Gasteiger partial charge on any atom is -0.481 e. The van der Waals surface area contributed by atoms with Gasteiger partial charge < -0.3 is 15.6 Å². The SMILES string of the molecule is CC(C)(C)OC(=O)[C@@H](CN)C(=O)O. The number of carboxylic acids is 1. The first kappa shape index (κ1) is 11.9. The number of ether oxygens (including phenoxy) is 1. The average Bonchev–Trinajstić information content (AvgIpc) is 1.82. The number of aliphatic carboxylic acids is 1.